The van der Waals surface area contributed by atoms with Crippen LogP contribution in [0.15, 0.2) is 24.3 Å². The van der Waals surface area contributed by atoms with Crippen molar-refractivity contribution < 1.29 is 5.11 Å². The van der Waals surface area contributed by atoms with Gasteiger partial charge in [-0.05, 0) is 19.9 Å². The first-order valence-corrected chi connectivity index (χ1v) is 4.98. The highest BCUT2D eigenvalue weighted by Crippen LogP contribution is 2.34. The lowest BCUT2D eigenvalue weighted by Gasteiger charge is -2.22. The number of para-hydroxylation sites is 1. The highest BCUT2D eigenvalue weighted by Gasteiger charge is 2.29. The third kappa shape index (κ3) is 1.60. The van der Waals surface area contributed by atoms with Crippen molar-refractivity contribution in [1.29, 1.82) is 0 Å². The fourth-order valence-corrected chi connectivity index (χ4v) is 1.68. The van der Waals surface area contributed by atoms with E-state index in [9.17, 15) is 5.11 Å². The summed E-state index contributed by atoms with van der Waals surface area (Å²) in [6, 6.07) is 7.16. The Morgan fingerprint density at radius 3 is 2.56 bits per heavy atom. The van der Waals surface area contributed by atoms with E-state index in [1.165, 1.54) is 0 Å². The number of phenols is 1. The van der Waals surface area contributed by atoms with E-state index in [0.29, 0.717) is 5.82 Å². The Morgan fingerprint density at radius 1 is 1.31 bits per heavy atom. The van der Waals surface area contributed by atoms with Gasteiger partial charge in [0.05, 0.1) is 5.41 Å². The zero-order chi connectivity index (χ0) is 11.8. The van der Waals surface area contributed by atoms with Gasteiger partial charge in [0.1, 0.15) is 11.6 Å². The summed E-state index contributed by atoms with van der Waals surface area (Å²) in [5, 5.41) is 16.4. The lowest BCUT2D eigenvalue weighted by molar-refractivity contribution is 0.449. The second-order valence-corrected chi connectivity index (χ2v) is 4.18. The molecule has 5 nitrogen and oxygen atoms in total. The van der Waals surface area contributed by atoms with Gasteiger partial charge in [0.15, 0.2) is 0 Å². The smallest absolute Gasteiger partial charge is 0.239 e. The summed E-state index contributed by atoms with van der Waals surface area (Å²) in [5.74, 6) is 1.08. The number of hydrogen-bond acceptors (Lipinski definition) is 4. The number of benzene rings is 1. The second-order valence-electron chi connectivity index (χ2n) is 4.18. The maximum absolute atomic E-state index is 9.82. The molecule has 16 heavy (non-hydrogen) atoms. The Labute approximate surface area is 93.3 Å². The Kier molecular flexibility index (Phi) is 2.30. The minimum absolute atomic E-state index is 0.207. The predicted octanol–water partition coefficient (Wildman–Crippen LogP) is 1.42. The molecule has 2 aromatic rings. The lowest BCUT2D eigenvalue weighted by atomic mass is 9.83. The molecule has 0 saturated carbocycles. The monoisotopic (exact) mass is 218 g/mol. The number of H-pyrrole nitrogens is 1. The molecule has 4 N–H and O–H groups in total. The largest absolute Gasteiger partial charge is 0.508 e. The number of hydrogen-bond donors (Lipinski definition) is 3. The van der Waals surface area contributed by atoms with E-state index in [4.69, 9.17) is 5.73 Å². The molecule has 1 heterocycles. The van der Waals surface area contributed by atoms with Gasteiger partial charge in [0.2, 0.25) is 5.95 Å². The standard InChI is InChI=1S/C11H14N4O/c1-11(2,9-13-10(12)15-14-9)7-5-3-4-6-8(7)16/h3-6,16H,1-2H3,(H3,12,13,14,15). The molecule has 0 unspecified atom stereocenters. The van der Waals surface area contributed by atoms with E-state index < -0.39 is 5.41 Å². The van der Waals surface area contributed by atoms with Gasteiger partial charge in [-0.3, -0.25) is 5.10 Å². The zero-order valence-electron chi connectivity index (χ0n) is 9.23. The van der Waals surface area contributed by atoms with Gasteiger partial charge in [-0.1, -0.05) is 18.2 Å². The second kappa shape index (κ2) is 3.52. The number of aromatic amines is 1. The van der Waals surface area contributed by atoms with Crippen LogP contribution in [0.4, 0.5) is 5.95 Å². The molecule has 0 aliphatic heterocycles. The summed E-state index contributed by atoms with van der Waals surface area (Å²) in [6.07, 6.45) is 0. The quantitative estimate of drug-likeness (QED) is 0.711. The van der Waals surface area contributed by atoms with E-state index >= 15 is 0 Å². The fourth-order valence-electron chi connectivity index (χ4n) is 1.68. The maximum Gasteiger partial charge on any atom is 0.239 e. The summed E-state index contributed by atoms with van der Waals surface area (Å²) in [5.41, 5.74) is 5.80. The first-order chi connectivity index (χ1) is 7.51. The van der Waals surface area contributed by atoms with Gasteiger partial charge >= 0.3 is 0 Å². The summed E-state index contributed by atoms with van der Waals surface area (Å²) < 4.78 is 0. The van der Waals surface area contributed by atoms with E-state index in [-0.39, 0.29) is 11.7 Å². The predicted molar refractivity (Wildman–Crippen MR) is 61.0 cm³/mol. The van der Waals surface area contributed by atoms with Crippen LogP contribution in [-0.2, 0) is 5.41 Å². The lowest BCUT2D eigenvalue weighted by Crippen LogP contribution is -2.21. The molecule has 2 rings (SSSR count). The molecule has 0 amide bonds. The minimum atomic E-state index is -0.462. The van der Waals surface area contributed by atoms with E-state index in [1.807, 2.05) is 26.0 Å². The normalized spacial score (nSPS) is 11.6. The highest BCUT2D eigenvalue weighted by atomic mass is 16.3. The molecule has 0 bridgehead atoms. The summed E-state index contributed by atoms with van der Waals surface area (Å²) in [6.45, 7) is 3.89. The third-order valence-electron chi connectivity index (χ3n) is 2.67. The van der Waals surface area contributed by atoms with Crippen molar-refractivity contribution in [2.24, 2.45) is 0 Å². The molecular weight excluding hydrogens is 204 g/mol. The van der Waals surface area contributed by atoms with Crippen LogP contribution in [-0.4, -0.2) is 20.3 Å². The average Bonchev–Trinajstić information content (AvgIpc) is 2.66. The van der Waals surface area contributed by atoms with Crippen LogP contribution >= 0.6 is 0 Å². The number of aromatic nitrogens is 3. The molecule has 5 heteroatoms. The fraction of sp³-hybridized carbons (Fsp3) is 0.273. The van der Waals surface area contributed by atoms with Gasteiger partial charge < -0.3 is 10.8 Å². The third-order valence-corrected chi connectivity index (χ3v) is 2.67. The molecule has 0 aliphatic carbocycles. The van der Waals surface area contributed by atoms with Crippen molar-refractivity contribution in [3.8, 4) is 5.75 Å². The molecule has 0 atom stereocenters. The molecule has 0 fully saturated rings. The SMILES string of the molecule is CC(C)(c1nc(N)n[nH]1)c1ccccc1O. The minimum Gasteiger partial charge on any atom is -0.508 e. The van der Waals surface area contributed by atoms with Gasteiger partial charge in [0.25, 0.3) is 0 Å². The van der Waals surface area contributed by atoms with Crippen LogP contribution in [0.2, 0.25) is 0 Å². The van der Waals surface area contributed by atoms with Crippen molar-refractivity contribution in [2.75, 3.05) is 5.73 Å². The summed E-state index contributed by atoms with van der Waals surface area (Å²) in [4.78, 5) is 4.10. The van der Waals surface area contributed by atoms with Crippen LogP contribution in [0.25, 0.3) is 0 Å². The average molecular weight is 218 g/mol. The van der Waals surface area contributed by atoms with E-state index in [0.717, 1.165) is 5.56 Å². The van der Waals surface area contributed by atoms with Crippen molar-refractivity contribution >= 4 is 5.95 Å². The highest BCUT2D eigenvalue weighted by molar-refractivity contribution is 5.42. The van der Waals surface area contributed by atoms with Crippen LogP contribution in [0, 0.1) is 0 Å². The van der Waals surface area contributed by atoms with Crippen molar-refractivity contribution in [3.05, 3.63) is 35.7 Å². The van der Waals surface area contributed by atoms with Crippen LogP contribution < -0.4 is 5.73 Å². The summed E-state index contributed by atoms with van der Waals surface area (Å²) >= 11 is 0. The number of nitrogens with two attached hydrogens (primary N) is 1. The number of anilines is 1. The Bertz CT molecular complexity index is 504. The summed E-state index contributed by atoms with van der Waals surface area (Å²) in [7, 11) is 0. The van der Waals surface area contributed by atoms with Gasteiger partial charge in [-0.2, -0.15) is 4.98 Å². The van der Waals surface area contributed by atoms with Gasteiger partial charge in [0, 0.05) is 5.56 Å². The van der Waals surface area contributed by atoms with Crippen molar-refractivity contribution in [2.45, 2.75) is 19.3 Å². The molecule has 0 radical (unpaired) electrons. The van der Waals surface area contributed by atoms with E-state index in [2.05, 4.69) is 15.2 Å². The van der Waals surface area contributed by atoms with Crippen LogP contribution in [0.1, 0.15) is 25.2 Å². The number of nitrogens with zero attached hydrogens (tertiary/aromatic N) is 2. The molecule has 1 aromatic heterocycles. The first kappa shape index (κ1) is 10.5. The zero-order valence-corrected chi connectivity index (χ0v) is 9.23. The van der Waals surface area contributed by atoms with Crippen molar-refractivity contribution in [1.82, 2.24) is 15.2 Å². The Morgan fingerprint density at radius 2 is 2.00 bits per heavy atom. The number of aromatic hydroxyl groups is 1. The molecular formula is C11H14N4O. The Balaban J connectivity index is 2.50. The molecule has 0 aliphatic rings. The number of phenolic OH excluding ortho intramolecular Hbond substituents is 1. The van der Waals surface area contributed by atoms with Gasteiger partial charge in [-0.15, -0.1) is 5.10 Å². The van der Waals surface area contributed by atoms with Crippen LogP contribution in [0.3, 0.4) is 0 Å². The van der Waals surface area contributed by atoms with E-state index in [1.54, 1.807) is 12.1 Å². The van der Waals surface area contributed by atoms with Crippen molar-refractivity contribution in [3.63, 3.8) is 0 Å². The maximum atomic E-state index is 9.82. The molecule has 1 aromatic carbocycles. The topological polar surface area (TPSA) is 87.8 Å². The molecule has 0 saturated heterocycles. The first-order valence-electron chi connectivity index (χ1n) is 4.98. The number of nitrogens with one attached hydrogen (secondary N) is 1. The number of nitrogen functional groups attached to an aromatic ring is 1. The molecule has 0 spiro atoms. The molecule has 84 valence electrons. The number of rotatable bonds is 2. The van der Waals surface area contributed by atoms with Gasteiger partial charge in [-0.25, -0.2) is 0 Å². The Hall–Kier alpha value is -2.04. The van der Waals surface area contributed by atoms with Crippen LogP contribution in [0.5, 0.6) is 5.75 Å².